The highest BCUT2D eigenvalue weighted by Crippen LogP contribution is 2.39. The van der Waals surface area contributed by atoms with E-state index in [4.69, 9.17) is 31.3 Å². The van der Waals surface area contributed by atoms with Gasteiger partial charge in [-0.3, -0.25) is 4.90 Å². The Labute approximate surface area is 224 Å². The molecule has 1 fully saturated rings. The van der Waals surface area contributed by atoms with Gasteiger partial charge in [-0.15, -0.1) is 0 Å². The third kappa shape index (κ3) is 4.76. The van der Waals surface area contributed by atoms with Crippen LogP contribution in [0.2, 0.25) is 5.02 Å². The average Bonchev–Trinajstić information content (AvgIpc) is 3.49. The number of nitrogens with one attached hydrogen (secondary N) is 2. The number of hydrogen-bond acceptors (Lipinski definition) is 8. The SMILES string of the molecule is COCCN1CCCCC1Nc1ncc2[nH]c(O)c(C(=C3N=c4ccccc4=N3)c3cccc(Cl)c3)c2n1. The molecule has 0 saturated carbocycles. The Hall–Kier alpha value is -3.79. The number of piperidine rings is 1. The van der Waals surface area contributed by atoms with E-state index >= 15 is 0 Å². The fourth-order valence-corrected chi connectivity index (χ4v) is 5.29. The molecule has 2 aromatic carbocycles. The molecule has 10 heteroatoms. The second-order valence-corrected chi connectivity index (χ2v) is 9.85. The second-order valence-electron chi connectivity index (χ2n) is 9.41. The van der Waals surface area contributed by atoms with Crippen molar-refractivity contribution in [2.45, 2.75) is 25.4 Å². The number of nitrogens with zero attached hydrogens (tertiary/aromatic N) is 5. The Bertz CT molecular complexity index is 1610. The average molecular weight is 530 g/mol. The van der Waals surface area contributed by atoms with Crippen LogP contribution >= 0.6 is 11.6 Å². The number of fused-ring (bicyclic) bond motifs is 2. The highest BCUT2D eigenvalue weighted by Gasteiger charge is 2.26. The summed E-state index contributed by atoms with van der Waals surface area (Å²) in [6.45, 7) is 2.50. The molecule has 1 saturated heterocycles. The van der Waals surface area contributed by atoms with Crippen molar-refractivity contribution >= 4 is 34.2 Å². The van der Waals surface area contributed by atoms with Crippen molar-refractivity contribution < 1.29 is 9.84 Å². The van der Waals surface area contributed by atoms with E-state index in [2.05, 4.69) is 20.2 Å². The van der Waals surface area contributed by atoms with Crippen LogP contribution in [0, 0.1) is 0 Å². The summed E-state index contributed by atoms with van der Waals surface area (Å²) in [7, 11) is 1.72. The van der Waals surface area contributed by atoms with Gasteiger partial charge in [0, 0.05) is 30.8 Å². The fraction of sp³-hybridized carbons (Fsp3) is 0.286. The van der Waals surface area contributed by atoms with E-state index in [1.807, 2.05) is 48.5 Å². The van der Waals surface area contributed by atoms with Gasteiger partial charge < -0.3 is 20.1 Å². The highest BCUT2D eigenvalue weighted by molar-refractivity contribution is 6.30. The first-order valence-electron chi connectivity index (χ1n) is 12.7. The van der Waals surface area contributed by atoms with Gasteiger partial charge in [-0.05, 0) is 49.1 Å². The topological polar surface area (TPSA) is 111 Å². The van der Waals surface area contributed by atoms with Gasteiger partial charge in [-0.25, -0.2) is 20.0 Å². The van der Waals surface area contributed by atoms with E-state index in [0.717, 1.165) is 48.6 Å². The van der Waals surface area contributed by atoms with E-state index in [0.29, 0.717) is 45.6 Å². The van der Waals surface area contributed by atoms with E-state index in [1.165, 1.54) is 0 Å². The molecule has 0 spiro atoms. The Balaban J connectivity index is 1.47. The van der Waals surface area contributed by atoms with Crippen LogP contribution in [-0.4, -0.2) is 57.9 Å². The van der Waals surface area contributed by atoms with Crippen molar-refractivity contribution in [2.24, 2.45) is 9.98 Å². The summed E-state index contributed by atoms with van der Waals surface area (Å²) < 4.78 is 5.30. The zero-order chi connectivity index (χ0) is 26.1. The molecule has 4 aromatic rings. The summed E-state index contributed by atoms with van der Waals surface area (Å²) in [5.74, 6) is 0.941. The summed E-state index contributed by atoms with van der Waals surface area (Å²) in [5, 5.41) is 16.8. The van der Waals surface area contributed by atoms with Gasteiger partial charge in [-0.1, -0.05) is 35.9 Å². The Morgan fingerprint density at radius 2 is 1.97 bits per heavy atom. The number of methoxy groups -OCH3 is 1. The second kappa shape index (κ2) is 10.5. The van der Waals surface area contributed by atoms with Crippen LogP contribution in [0.3, 0.4) is 0 Å². The summed E-state index contributed by atoms with van der Waals surface area (Å²) in [5.41, 5.74) is 3.09. The monoisotopic (exact) mass is 529 g/mol. The maximum atomic E-state index is 11.1. The molecule has 4 heterocycles. The molecule has 6 rings (SSSR count). The number of para-hydroxylation sites is 2. The lowest BCUT2D eigenvalue weighted by Crippen LogP contribution is -2.46. The molecule has 3 N–H and O–H groups in total. The molecule has 2 aliphatic rings. The molecule has 9 nitrogen and oxygen atoms in total. The maximum Gasteiger partial charge on any atom is 0.224 e. The van der Waals surface area contributed by atoms with Gasteiger partial charge in [0.1, 0.15) is 5.52 Å². The van der Waals surface area contributed by atoms with Crippen LogP contribution in [0.4, 0.5) is 5.95 Å². The van der Waals surface area contributed by atoms with Crippen LogP contribution in [0.25, 0.3) is 16.6 Å². The number of hydrogen-bond donors (Lipinski definition) is 3. The number of anilines is 1. The van der Waals surface area contributed by atoms with Gasteiger partial charge in [-0.2, -0.15) is 0 Å². The fourth-order valence-electron chi connectivity index (χ4n) is 5.10. The molecule has 0 radical (unpaired) electrons. The molecular weight excluding hydrogens is 502 g/mol. The zero-order valence-corrected chi connectivity index (χ0v) is 21.7. The summed E-state index contributed by atoms with van der Waals surface area (Å²) >= 11 is 6.38. The molecule has 1 atom stereocenters. The van der Waals surface area contributed by atoms with Crippen molar-refractivity contribution in [1.82, 2.24) is 19.9 Å². The molecule has 0 bridgehead atoms. The van der Waals surface area contributed by atoms with Gasteiger partial charge in [0.15, 0.2) is 11.7 Å². The molecule has 38 heavy (non-hydrogen) atoms. The lowest BCUT2D eigenvalue weighted by molar-refractivity contribution is 0.106. The first-order valence-corrected chi connectivity index (χ1v) is 13.1. The minimum atomic E-state index is -0.0327. The number of aromatic hydroxyl groups is 1. The van der Waals surface area contributed by atoms with Crippen LogP contribution in [0.5, 0.6) is 5.88 Å². The Kier molecular flexibility index (Phi) is 6.80. The van der Waals surface area contributed by atoms with Gasteiger partial charge >= 0.3 is 0 Å². The minimum Gasteiger partial charge on any atom is -0.494 e. The van der Waals surface area contributed by atoms with Crippen molar-refractivity contribution in [2.75, 3.05) is 32.1 Å². The van der Waals surface area contributed by atoms with Gasteiger partial charge in [0.25, 0.3) is 0 Å². The normalized spacial score (nSPS) is 17.2. The first-order chi connectivity index (χ1) is 18.6. The van der Waals surface area contributed by atoms with Crippen LogP contribution in [0.15, 0.2) is 70.5 Å². The lowest BCUT2D eigenvalue weighted by atomic mass is 9.98. The van der Waals surface area contributed by atoms with Gasteiger partial charge in [0.05, 0.1) is 40.8 Å². The number of H-pyrrole nitrogens is 1. The van der Waals surface area contributed by atoms with E-state index < -0.39 is 0 Å². The molecule has 1 unspecified atom stereocenters. The predicted octanol–water partition coefficient (Wildman–Crippen LogP) is 3.86. The van der Waals surface area contributed by atoms with Crippen molar-refractivity contribution in [3.63, 3.8) is 0 Å². The minimum absolute atomic E-state index is 0.0327. The molecule has 2 aromatic heterocycles. The number of halogens is 1. The standard InChI is InChI=1S/C28H28ClN7O2/c1-38-14-13-36-12-5-4-11-22(36)34-28-30-16-21-25(35-28)24(27(37)33-21)23(17-7-6-8-18(29)15-17)26-31-19-9-2-3-10-20(19)32-26/h2-3,6-10,15-16,22,33,37H,4-5,11-14H2,1H3,(H,30,34,35). The third-order valence-corrected chi connectivity index (χ3v) is 7.16. The summed E-state index contributed by atoms with van der Waals surface area (Å²) in [4.78, 5) is 24.4. The smallest absolute Gasteiger partial charge is 0.224 e. The quantitative estimate of drug-likeness (QED) is 0.335. The Morgan fingerprint density at radius 1 is 1.16 bits per heavy atom. The number of aromatic nitrogens is 3. The lowest BCUT2D eigenvalue weighted by Gasteiger charge is -2.35. The van der Waals surface area contributed by atoms with E-state index in [9.17, 15) is 5.11 Å². The third-order valence-electron chi connectivity index (χ3n) is 6.93. The van der Waals surface area contributed by atoms with Crippen molar-refractivity contribution in [3.8, 4) is 5.88 Å². The van der Waals surface area contributed by atoms with Crippen LogP contribution in [0.1, 0.15) is 30.4 Å². The Morgan fingerprint density at radius 3 is 2.74 bits per heavy atom. The molecule has 2 aliphatic heterocycles. The number of benzene rings is 2. The van der Waals surface area contributed by atoms with Crippen LogP contribution < -0.4 is 16.0 Å². The number of ether oxygens (including phenoxy) is 1. The number of likely N-dealkylation sites (tertiary alicyclic amines) is 1. The molecular formula is C28H28ClN7O2. The number of aromatic amines is 1. The maximum absolute atomic E-state index is 11.1. The van der Waals surface area contributed by atoms with Gasteiger partial charge in [0.2, 0.25) is 5.95 Å². The molecule has 0 amide bonds. The van der Waals surface area contributed by atoms with Crippen molar-refractivity contribution in [3.05, 3.63) is 87.4 Å². The first kappa shape index (κ1) is 24.5. The number of rotatable bonds is 7. The summed E-state index contributed by atoms with van der Waals surface area (Å²) in [6.07, 6.45) is 5.07. The van der Waals surface area contributed by atoms with E-state index in [-0.39, 0.29) is 12.0 Å². The highest BCUT2D eigenvalue weighted by atomic mass is 35.5. The molecule has 194 valence electrons. The largest absolute Gasteiger partial charge is 0.494 e. The summed E-state index contributed by atoms with van der Waals surface area (Å²) in [6, 6.07) is 15.1. The van der Waals surface area contributed by atoms with E-state index in [1.54, 1.807) is 13.3 Å². The zero-order valence-electron chi connectivity index (χ0n) is 21.0. The van der Waals surface area contributed by atoms with Crippen molar-refractivity contribution in [1.29, 1.82) is 0 Å². The molecule has 0 aliphatic carbocycles. The predicted molar refractivity (Wildman–Crippen MR) is 146 cm³/mol. The van der Waals surface area contributed by atoms with Crippen LogP contribution in [-0.2, 0) is 4.74 Å².